The van der Waals surface area contributed by atoms with Gasteiger partial charge in [0.25, 0.3) is 0 Å². The summed E-state index contributed by atoms with van der Waals surface area (Å²) in [4.78, 5) is 0. The Hall–Kier alpha value is -1.86. The summed E-state index contributed by atoms with van der Waals surface area (Å²) in [5.74, 6) is 0. The third-order valence-corrected chi connectivity index (χ3v) is 3.04. The van der Waals surface area contributed by atoms with Gasteiger partial charge in [0.15, 0.2) is 0 Å². The van der Waals surface area contributed by atoms with E-state index in [0.717, 1.165) is 6.42 Å². The summed E-state index contributed by atoms with van der Waals surface area (Å²) in [6.45, 7) is 3.81. The lowest BCUT2D eigenvalue weighted by Crippen LogP contribution is -2.06. The molecular weight excluding hydrogens is 220 g/mol. The predicted molar refractivity (Wildman–Crippen MR) is 75.6 cm³/mol. The summed E-state index contributed by atoms with van der Waals surface area (Å²) in [5, 5.41) is 0. The number of rotatable bonds is 5. The van der Waals surface area contributed by atoms with Gasteiger partial charge in [-0.2, -0.15) is 0 Å². The number of allylic oxidation sites excluding steroid dienone is 1. The minimum absolute atomic E-state index is 0.0117. The van der Waals surface area contributed by atoms with Crippen LogP contribution in [0.5, 0.6) is 0 Å². The minimum atomic E-state index is -0.0117. The zero-order chi connectivity index (χ0) is 12.8. The van der Waals surface area contributed by atoms with Crippen molar-refractivity contribution in [2.24, 2.45) is 0 Å². The topological polar surface area (TPSA) is 9.23 Å². The molecule has 0 aliphatic heterocycles. The Labute approximate surface area is 109 Å². The van der Waals surface area contributed by atoms with Crippen molar-refractivity contribution in [1.29, 1.82) is 0 Å². The second-order valence-corrected chi connectivity index (χ2v) is 4.22. The van der Waals surface area contributed by atoms with Crippen LogP contribution in [0, 0.1) is 0 Å². The molecule has 0 N–H and O–H groups in total. The lowest BCUT2D eigenvalue weighted by molar-refractivity contribution is 0.136. The maximum Gasteiger partial charge on any atom is 0.107 e. The van der Waals surface area contributed by atoms with Gasteiger partial charge in [-0.05, 0) is 23.1 Å². The molecule has 0 aliphatic carbocycles. The van der Waals surface area contributed by atoms with E-state index < -0.39 is 0 Å². The fourth-order valence-electron chi connectivity index (χ4n) is 2.20. The van der Waals surface area contributed by atoms with E-state index in [1.54, 1.807) is 7.11 Å². The molecule has 2 aromatic rings. The zero-order valence-electron chi connectivity index (χ0n) is 10.7. The SMILES string of the molecule is C=CCc1ccccc1C(OC)c1ccccc1. The summed E-state index contributed by atoms with van der Waals surface area (Å²) in [7, 11) is 1.75. The maximum atomic E-state index is 5.68. The average Bonchev–Trinajstić information content (AvgIpc) is 2.43. The lowest BCUT2D eigenvalue weighted by atomic mass is 9.95. The minimum Gasteiger partial charge on any atom is -0.372 e. The first-order valence-corrected chi connectivity index (χ1v) is 6.13. The molecular formula is C17H18O. The van der Waals surface area contributed by atoms with E-state index in [0.29, 0.717) is 0 Å². The molecule has 1 atom stereocenters. The molecule has 0 aromatic heterocycles. The standard InChI is InChI=1S/C17H18O/c1-3-9-14-10-7-8-13-16(14)17(18-2)15-11-5-4-6-12-15/h3-8,10-13,17H,1,9H2,2H3. The second kappa shape index (κ2) is 6.18. The van der Waals surface area contributed by atoms with Gasteiger partial charge in [-0.3, -0.25) is 0 Å². The molecule has 0 radical (unpaired) electrons. The van der Waals surface area contributed by atoms with Crippen molar-refractivity contribution in [3.8, 4) is 0 Å². The van der Waals surface area contributed by atoms with Crippen molar-refractivity contribution < 1.29 is 4.74 Å². The van der Waals surface area contributed by atoms with Crippen LogP contribution in [-0.4, -0.2) is 7.11 Å². The van der Waals surface area contributed by atoms with Crippen molar-refractivity contribution in [3.05, 3.63) is 83.9 Å². The molecule has 0 saturated carbocycles. The van der Waals surface area contributed by atoms with Crippen LogP contribution in [0.3, 0.4) is 0 Å². The molecule has 0 spiro atoms. The van der Waals surface area contributed by atoms with E-state index >= 15 is 0 Å². The highest BCUT2D eigenvalue weighted by molar-refractivity contribution is 5.37. The normalized spacial score (nSPS) is 12.1. The van der Waals surface area contributed by atoms with Crippen LogP contribution >= 0.6 is 0 Å². The second-order valence-electron chi connectivity index (χ2n) is 4.22. The van der Waals surface area contributed by atoms with Gasteiger partial charge in [0, 0.05) is 7.11 Å². The van der Waals surface area contributed by atoms with Crippen LogP contribution in [0.25, 0.3) is 0 Å². The van der Waals surface area contributed by atoms with E-state index in [1.807, 2.05) is 24.3 Å². The van der Waals surface area contributed by atoms with Crippen molar-refractivity contribution in [1.82, 2.24) is 0 Å². The highest BCUT2D eigenvalue weighted by atomic mass is 16.5. The van der Waals surface area contributed by atoms with Crippen LogP contribution in [0.15, 0.2) is 67.3 Å². The fourth-order valence-corrected chi connectivity index (χ4v) is 2.20. The monoisotopic (exact) mass is 238 g/mol. The highest BCUT2D eigenvalue weighted by Gasteiger charge is 2.15. The van der Waals surface area contributed by atoms with Crippen LogP contribution < -0.4 is 0 Å². The number of methoxy groups -OCH3 is 1. The first-order chi connectivity index (χ1) is 8.86. The van der Waals surface area contributed by atoms with Gasteiger partial charge in [0.1, 0.15) is 6.10 Å². The van der Waals surface area contributed by atoms with Gasteiger partial charge >= 0.3 is 0 Å². The summed E-state index contributed by atoms with van der Waals surface area (Å²) >= 11 is 0. The zero-order valence-corrected chi connectivity index (χ0v) is 10.7. The molecule has 0 aliphatic rings. The molecule has 2 rings (SSSR count). The van der Waals surface area contributed by atoms with Gasteiger partial charge in [0.2, 0.25) is 0 Å². The first-order valence-electron chi connectivity index (χ1n) is 6.13. The van der Waals surface area contributed by atoms with E-state index in [4.69, 9.17) is 4.74 Å². The Morgan fingerprint density at radius 3 is 2.39 bits per heavy atom. The Balaban J connectivity index is 2.42. The molecule has 0 fully saturated rings. The Kier molecular flexibility index (Phi) is 4.32. The van der Waals surface area contributed by atoms with E-state index in [2.05, 4.69) is 43.0 Å². The van der Waals surface area contributed by atoms with E-state index in [1.165, 1.54) is 16.7 Å². The number of ether oxygens (including phenoxy) is 1. The molecule has 0 saturated heterocycles. The summed E-state index contributed by atoms with van der Waals surface area (Å²) < 4.78 is 5.68. The quantitative estimate of drug-likeness (QED) is 0.711. The molecule has 92 valence electrons. The molecule has 1 heteroatoms. The van der Waals surface area contributed by atoms with E-state index in [-0.39, 0.29) is 6.10 Å². The van der Waals surface area contributed by atoms with Gasteiger partial charge in [-0.25, -0.2) is 0 Å². The summed E-state index contributed by atoms with van der Waals surface area (Å²) in [5.41, 5.74) is 3.66. The molecule has 18 heavy (non-hydrogen) atoms. The molecule has 2 aromatic carbocycles. The molecule has 1 unspecified atom stereocenters. The molecule has 0 bridgehead atoms. The predicted octanol–water partition coefficient (Wildman–Crippen LogP) is 4.15. The van der Waals surface area contributed by atoms with Crippen molar-refractivity contribution in [2.45, 2.75) is 12.5 Å². The molecule has 1 nitrogen and oxygen atoms in total. The van der Waals surface area contributed by atoms with Gasteiger partial charge < -0.3 is 4.74 Å². The van der Waals surface area contributed by atoms with Crippen molar-refractivity contribution in [2.75, 3.05) is 7.11 Å². The van der Waals surface area contributed by atoms with Gasteiger partial charge in [-0.1, -0.05) is 60.7 Å². The Morgan fingerprint density at radius 1 is 1.06 bits per heavy atom. The van der Waals surface area contributed by atoms with Crippen LogP contribution in [0.1, 0.15) is 22.8 Å². The maximum absolute atomic E-state index is 5.68. The average molecular weight is 238 g/mol. The Morgan fingerprint density at radius 2 is 1.72 bits per heavy atom. The van der Waals surface area contributed by atoms with Crippen molar-refractivity contribution >= 4 is 0 Å². The smallest absolute Gasteiger partial charge is 0.107 e. The van der Waals surface area contributed by atoms with E-state index in [9.17, 15) is 0 Å². The molecule has 0 heterocycles. The van der Waals surface area contributed by atoms with Crippen LogP contribution in [-0.2, 0) is 11.2 Å². The summed E-state index contributed by atoms with van der Waals surface area (Å²) in [6.07, 6.45) is 2.78. The third-order valence-electron chi connectivity index (χ3n) is 3.04. The number of hydrogen-bond acceptors (Lipinski definition) is 1. The largest absolute Gasteiger partial charge is 0.372 e. The van der Waals surface area contributed by atoms with Crippen LogP contribution in [0.2, 0.25) is 0 Å². The first kappa shape index (κ1) is 12.6. The summed E-state index contributed by atoms with van der Waals surface area (Å²) in [6, 6.07) is 18.7. The van der Waals surface area contributed by atoms with Gasteiger partial charge in [-0.15, -0.1) is 6.58 Å². The third kappa shape index (κ3) is 2.69. The van der Waals surface area contributed by atoms with Crippen LogP contribution in [0.4, 0.5) is 0 Å². The number of benzene rings is 2. The number of hydrogen-bond donors (Lipinski definition) is 0. The fraction of sp³-hybridized carbons (Fsp3) is 0.176. The highest BCUT2D eigenvalue weighted by Crippen LogP contribution is 2.28. The van der Waals surface area contributed by atoms with Crippen molar-refractivity contribution in [3.63, 3.8) is 0 Å². The lowest BCUT2D eigenvalue weighted by Gasteiger charge is -2.19. The molecule has 0 amide bonds. The van der Waals surface area contributed by atoms with Gasteiger partial charge in [0.05, 0.1) is 0 Å². The Bertz CT molecular complexity index is 502.